The molecular weight excluding hydrogens is 202 g/mol. The van der Waals surface area contributed by atoms with Crippen LogP contribution in [0.1, 0.15) is 13.3 Å². The predicted octanol–water partition coefficient (Wildman–Crippen LogP) is 1.52. The van der Waals surface area contributed by atoms with Gasteiger partial charge in [0, 0.05) is 23.5 Å². The summed E-state index contributed by atoms with van der Waals surface area (Å²) >= 11 is 0. The Morgan fingerprint density at radius 1 is 1.19 bits per heavy atom. The largest absolute Gasteiger partial charge is 0.399 e. The zero-order valence-electron chi connectivity index (χ0n) is 9.22. The van der Waals surface area contributed by atoms with Crippen LogP contribution >= 0.6 is 0 Å². The van der Waals surface area contributed by atoms with Gasteiger partial charge in [0.15, 0.2) is 5.82 Å². The van der Waals surface area contributed by atoms with Gasteiger partial charge in [-0.2, -0.15) is 0 Å². The fourth-order valence-corrected chi connectivity index (χ4v) is 1.69. The highest BCUT2D eigenvalue weighted by Crippen LogP contribution is 2.22. The normalized spacial score (nSPS) is 10.6. The van der Waals surface area contributed by atoms with Crippen LogP contribution in [0.2, 0.25) is 0 Å². The number of aromatic nitrogens is 3. The highest BCUT2D eigenvalue weighted by molar-refractivity contribution is 5.68. The quantitative estimate of drug-likeness (QED) is 0.763. The van der Waals surface area contributed by atoms with Gasteiger partial charge in [0.1, 0.15) is 6.33 Å². The van der Waals surface area contributed by atoms with Crippen molar-refractivity contribution in [2.75, 3.05) is 11.5 Å². The molecule has 1 aromatic heterocycles. The topological polar surface area (TPSA) is 82.8 Å². The second-order valence-corrected chi connectivity index (χ2v) is 3.74. The van der Waals surface area contributed by atoms with Gasteiger partial charge in [-0.05, 0) is 24.6 Å². The Balaban J connectivity index is 2.45. The number of hydrogen-bond donors (Lipinski definition) is 2. The molecule has 1 heterocycles. The van der Waals surface area contributed by atoms with E-state index >= 15 is 0 Å². The summed E-state index contributed by atoms with van der Waals surface area (Å²) in [5, 5.41) is 8.00. The molecule has 4 N–H and O–H groups in total. The van der Waals surface area contributed by atoms with E-state index in [1.807, 2.05) is 16.7 Å². The number of aryl methyl sites for hydroxylation is 1. The second kappa shape index (κ2) is 4.22. The van der Waals surface area contributed by atoms with Crippen LogP contribution < -0.4 is 11.5 Å². The fourth-order valence-electron chi connectivity index (χ4n) is 1.69. The van der Waals surface area contributed by atoms with Crippen molar-refractivity contribution in [3.63, 3.8) is 0 Å². The average Bonchev–Trinajstić information content (AvgIpc) is 2.65. The minimum atomic E-state index is 0.640. The number of anilines is 2. The van der Waals surface area contributed by atoms with E-state index < -0.39 is 0 Å². The van der Waals surface area contributed by atoms with Crippen LogP contribution in [0.3, 0.4) is 0 Å². The number of nitrogen functional groups attached to an aromatic ring is 2. The smallest absolute Gasteiger partial charge is 0.163 e. The third kappa shape index (κ3) is 1.98. The number of nitrogens with zero attached hydrogens (tertiary/aromatic N) is 3. The third-order valence-electron chi connectivity index (χ3n) is 2.32. The molecule has 0 radical (unpaired) electrons. The molecule has 84 valence electrons. The third-order valence-corrected chi connectivity index (χ3v) is 2.32. The average molecular weight is 217 g/mol. The van der Waals surface area contributed by atoms with Gasteiger partial charge in [0.2, 0.25) is 0 Å². The summed E-state index contributed by atoms with van der Waals surface area (Å²) in [6, 6.07) is 5.43. The number of rotatable bonds is 3. The lowest BCUT2D eigenvalue weighted by molar-refractivity contribution is 0.683. The molecule has 0 fully saturated rings. The van der Waals surface area contributed by atoms with Crippen molar-refractivity contribution in [2.24, 2.45) is 0 Å². The molecule has 2 aromatic rings. The summed E-state index contributed by atoms with van der Waals surface area (Å²) in [4.78, 5) is 0. The lowest BCUT2D eigenvalue weighted by Gasteiger charge is -2.06. The van der Waals surface area contributed by atoms with Gasteiger partial charge < -0.3 is 16.0 Å². The van der Waals surface area contributed by atoms with Gasteiger partial charge in [0.25, 0.3) is 0 Å². The van der Waals surface area contributed by atoms with Crippen LogP contribution in [0.25, 0.3) is 11.4 Å². The first-order valence-corrected chi connectivity index (χ1v) is 5.25. The molecule has 16 heavy (non-hydrogen) atoms. The van der Waals surface area contributed by atoms with Gasteiger partial charge in [-0.25, -0.2) is 0 Å². The Bertz CT molecular complexity index is 469. The maximum absolute atomic E-state index is 5.75. The molecule has 5 nitrogen and oxygen atoms in total. The summed E-state index contributed by atoms with van der Waals surface area (Å²) in [5.74, 6) is 0.806. The van der Waals surface area contributed by atoms with Gasteiger partial charge >= 0.3 is 0 Å². The minimum absolute atomic E-state index is 0.640. The molecule has 0 amide bonds. The zero-order chi connectivity index (χ0) is 11.5. The van der Waals surface area contributed by atoms with Crippen LogP contribution in [0.4, 0.5) is 11.4 Å². The van der Waals surface area contributed by atoms with E-state index in [2.05, 4.69) is 17.1 Å². The minimum Gasteiger partial charge on any atom is -0.399 e. The van der Waals surface area contributed by atoms with E-state index in [1.54, 1.807) is 12.4 Å². The van der Waals surface area contributed by atoms with E-state index in [0.29, 0.717) is 11.4 Å². The van der Waals surface area contributed by atoms with Crippen molar-refractivity contribution in [3.8, 4) is 11.4 Å². The fraction of sp³-hybridized carbons (Fsp3) is 0.273. The molecule has 1 aromatic carbocycles. The summed E-state index contributed by atoms with van der Waals surface area (Å²) in [6.45, 7) is 2.99. The Kier molecular flexibility index (Phi) is 2.76. The molecular formula is C11H15N5. The summed E-state index contributed by atoms with van der Waals surface area (Å²) in [7, 11) is 0. The predicted molar refractivity (Wildman–Crippen MR) is 64.6 cm³/mol. The Morgan fingerprint density at radius 2 is 1.88 bits per heavy atom. The molecule has 0 aliphatic heterocycles. The number of benzene rings is 1. The lowest BCUT2D eigenvalue weighted by Crippen LogP contribution is -1.99. The maximum Gasteiger partial charge on any atom is 0.163 e. The van der Waals surface area contributed by atoms with E-state index in [4.69, 9.17) is 11.5 Å². The Hall–Kier alpha value is -2.04. The standard InChI is InChI=1S/C11H15N5/c1-2-3-16-7-14-15-11(16)8-4-9(12)6-10(13)5-8/h4-7H,2-3,12-13H2,1H3. The van der Waals surface area contributed by atoms with Crippen molar-refractivity contribution in [1.82, 2.24) is 14.8 Å². The molecule has 0 saturated heterocycles. The number of hydrogen-bond acceptors (Lipinski definition) is 4. The monoisotopic (exact) mass is 217 g/mol. The Labute approximate surface area is 94.1 Å². The first-order chi connectivity index (χ1) is 7.70. The van der Waals surface area contributed by atoms with Crippen molar-refractivity contribution >= 4 is 11.4 Å². The SMILES string of the molecule is CCCn1cnnc1-c1cc(N)cc(N)c1. The van der Waals surface area contributed by atoms with Crippen molar-refractivity contribution < 1.29 is 0 Å². The van der Waals surface area contributed by atoms with Crippen LogP contribution in [-0.4, -0.2) is 14.8 Å². The van der Waals surface area contributed by atoms with Gasteiger partial charge in [-0.1, -0.05) is 6.92 Å². The van der Waals surface area contributed by atoms with Gasteiger partial charge in [-0.3, -0.25) is 0 Å². The zero-order valence-corrected chi connectivity index (χ0v) is 9.22. The second-order valence-electron chi connectivity index (χ2n) is 3.74. The van der Waals surface area contributed by atoms with Crippen molar-refractivity contribution in [1.29, 1.82) is 0 Å². The van der Waals surface area contributed by atoms with Crippen molar-refractivity contribution in [2.45, 2.75) is 19.9 Å². The van der Waals surface area contributed by atoms with Gasteiger partial charge in [-0.15, -0.1) is 10.2 Å². The van der Waals surface area contributed by atoms with E-state index in [1.165, 1.54) is 0 Å². The molecule has 0 unspecified atom stereocenters. The molecule has 0 saturated carbocycles. The number of nitrogens with two attached hydrogens (primary N) is 2. The lowest BCUT2D eigenvalue weighted by atomic mass is 10.1. The molecule has 0 bridgehead atoms. The summed E-state index contributed by atoms with van der Waals surface area (Å²) in [6.07, 6.45) is 2.75. The van der Waals surface area contributed by atoms with E-state index in [-0.39, 0.29) is 0 Å². The summed E-state index contributed by atoms with van der Waals surface area (Å²) < 4.78 is 1.99. The van der Waals surface area contributed by atoms with Crippen molar-refractivity contribution in [3.05, 3.63) is 24.5 Å². The van der Waals surface area contributed by atoms with Crippen LogP contribution in [0.5, 0.6) is 0 Å². The van der Waals surface area contributed by atoms with Crippen LogP contribution in [-0.2, 0) is 6.54 Å². The molecule has 0 aliphatic rings. The van der Waals surface area contributed by atoms with Crippen LogP contribution in [0, 0.1) is 0 Å². The molecule has 0 atom stereocenters. The molecule has 0 aliphatic carbocycles. The first kappa shape index (κ1) is 10.5. The highest BCUT2D eigenvalue weighted by atomic mass is 15.3. The first-order valence-electron chi connectivity index (χ1n) is 5.25. The van der Waals surface area contributed by atoms with Gasteiger partial charge in [0.05, 0.1) is 0 Å². The molecule has 0 spiro atoms. The Morgan fingerprint density at radius 3 is 2.50 bits per heavy atom. The molecule has 2 rings (SSSR count). The molecule has 5 heteroatoms. The highest BCUT2D eigenvalue weighted by Gasteiger charge is 2.07. The maximum atomic E-state index is 5.75. The summed E-state index contributed by atoms with van der Waals surface area (Å²) in [5.41, 5.74) is 13.7. The van der Waals surface area contributed by atoms with E-state index in [9.17, 15) is 0 Å². The van der Waals surface area contributed by atoms with E-state index in [0.717, 1.165) is 24.4 Å². The van der Waals surface area contributed by atoms with Crippen LogP contribution in [0.15, 0.2) is 24.5 Å².